The van der Waals surface area contributed by atoms with E-state index in [-0.39, 0.29) is 0 Å². The molecule has 6 heteroatoms. The Hall–Kier alpha value is -2.34. The van der Waals surface area contributed by atoms with Gasteiger partial charge in [0.1, 0.15) is 19.0 Å². The number of aromatic nitrogens is 2. The maximum atomic E-state index is 5.75. The molecule has 1 aromatic carbocycles. The van der Waals surface area contributed by atoms with E-state index in [0.717, 1.165) is 43.5 Å². The van der Waals surface area contributed by atoms with Crippen molar-refractivity contribution in [3.8, 4) is 11.5 Å². The number of fused-ring (bicyclic) bond motifs is 5. The number of nitrogens with zero attached hydrogens (tertiary/aromatic N) is 4. The summed E-state index contributed by atoms with van der Waals surface area (Å²) in [6.07, 6.45) is 7.97. The first-order chi connectivity index (χ1) is 12.8. The van der Waals surface area contributed by atoms with E-state index in [0.29, 0.717) is 25.2 Å². The van der Waals surface area contributed by atoms with Crippen molar-refractivity contribution in [2.45, 2.75) is 25.4 Å². The summed E-state index contributed by atoms with van der Waals surface area (Å²) in [6, 6.07) is 6.93. The third-order valence-corrected chi connectivity index (χ3v) is 5.69. The van der Waals surface area contributed by atoms with Gasteiger partial charge in [0, 0.05) is 44.6 Å². The predicted molar refractivity (Wildman–Crippen MR) is 98.6 cm³/mol. The van der Waals surface area contributed by atoms with Crippen LogP contribution in [-0.2, 0) is 6.54 Å². The zero-order valence-electron chi connectivity index (χ0n) is 14.9. The van der Waals surface area contributed by atoms with Crippen LogP contribution in [0.15, 0.2) is 36.8 Å². The smallest absolute Gasteiger partial charge is 0.161 e. The van der Waals surface area contributed by atoms with Crippen LogP contribution >= 0.6 is 0 Å². The van der Waals surface area contributed by atoms with Crippen LogP contribution in [-0.4, -0.2) is 53.8 Å². The fourth-order valence-electron chi connectivity index (χ4n) is 4.43. The average Bonchev–Trinajstić information content (AvgIpc) is 3.01. The van der Waals surface area contributed by atoms with Crippen molar-refractivity contribution in [2.75, 3.05) is 37.7 Å². The van der Waals surface area contributed by atoms with Gasteiger partial charge in [-0.2, -0.15) is 0 Å². The van der Waals surface area contributed by atoms with E-state index < -0.39 is 0 Å². The molecule has 1 aromatic heterocycles. The minimum Gasteiger partial charge on any atom is -0.486 e. The maximum absolute atomic E-state index is 5.75. The standard InChI is InChI=1S/C20H24N4O2/c1-3-17-14-24(20-10-21-5-6-22-20)13-16(1)12-23(17)11-15-2-4-18-19(9-15)26-8-7-25-18/h2,4-6,9-10,16-17H,1,3,7-8,11-14H2/t16-,17-/m1/s1. The summed E-state index contributed by atoms with van der Waals surface area (Å²) in [7, 11) is 0. The van der Waals surface area contributed by atoms with Gasteiger partial charge in [-0.25, -0.2) is 4.98 Å². The van der Waals surface area contributed by atoms with E-state index in [9.17, 15) is 0 Å². The Morgan fingerprint density at radius 1 is 1.00 bits per heavy atom. The van der Waals surface area contributed by atoms with Gasteiger partial charge < -0.3 is 14.4 Å². The van der Waals surface area contributed by atoms with Crippen molar-refractivity contribution in [2.24, 2.45) is 5.92 Å². The van der Waals surface area contributed by atoms with Crippen LogP contribution in [0, 0.1) is 5.92 Å². The van der Waals surface area contributed by atoms with Crippen LogP contribution < -0.4 is 14.4 Å². The van der Waals surface area contributed by atoms with Crippen LogP contribution in [0.4, 0.5) is 5.82 Å². The van der Waals surface area contributed by atoms with Crippen LogP contribution in [0.3, 0.4) is 0 Å². The summed E-state index contributed by atoms with van der Waals surface area (Å²) >= 11 is 0. The molecule has 0 radical (unpaired) electrons. The quantitative estimate of drug-likeness (QED) is 0.845. The number of benzene rings is 1. The number of ether oxygens (including phenoxy) is 2. The van der Waals surface area contributed by atoms with E-state index in [1.807, 2.05) is 12.3 Å². The second kappa shape index (κ2) is 6.76. The molecule has 0 N–H and O–H groups in total. The zero-order valence-corrected chi connectivity index (χ0v) is 14.9. The van der Waals surface area contributed by atoms with Crippen molar-refractivity contribution in [1.29, 1.82) is 0 Å². The molecule has 6 rings (SSSR count). The molecule has 4 aliphatic rings. The molecule has 4 aliphatic heterocycles. The lowest BCUT2D eigenvalue weighted by Crippen LogP contribution is -2.43. The van der Waals surface area contributed by atoms with E-state index in [1.165, 1.54) is 18.4 Å². The van der Waals surface area contributed by atoms with Crippen molar-refractivity contribution < 1.29 is 9.47 Å². The maximum Gasteiger partial charge on any atom is 0.161 e. The Morgan fingerprint density at radius 2 is 1.92 bits per heavy atom. The second-order valence-electron chi connectivity index (χ2n) is 7.47. The highest BCUT2D eigenvalue weighted by atomic mass is 16.6. The summed E-state index contributed by atoms with van der Waals surface area (Å²) in [5.41, 5.74) is 1.30. The van der Waals surface area contributed by atoms with E-state index in [1.54, 1.807) is 12.4 Å². The van der Waals surface area contributed by atoms with Crippen LogP contribution in [0.2, 0.25) is 0 Å². The SMILES string of the molecule is c1cnc(N2C[C@@H]3CC[C@H](C2)N(Cc2ccc4c(c2)OCCO4)C3)cn1. The molecule has 3 saturated heterocycles. The van der Waals surface area contributed by atoms with E-state index >= 15 is 0 Å². The summed E-state index contributed by atoms with van der Waals surface area (Å²) in [4.78, 5) is 13.8. The van der Waals surface area contributed by atoms with Crippen molar-refractivity contribution in [1.82, 2.24) is 14.9 Å². The normalized spacial score (nSPS) is 25.2. The molecule has 0 unspecified atom stereocenters. The molecule has 2 aromatic rings. The lowest BCUT2D eigenvalue weighted by atomic mass is 9.94. The molecular weight excluding hydrogens is 328 g/mol. The molecule has 0 amide bonds. The van der Waals surface area contributed by atoms with Crippen LogP contribution in [0.5, 0.6) is 11.5 Å². The highest BCUT2D eigenvalue weighted by Crippen LogP contribution is 2.34. The molecule has 5 heterocycles. The van der Waals surface area contributed by atoms with Gasteiger partial charge in [-0.15, -0.1) is 0 Å². The minimum atomic E-state index is 0.559. The third-order valence-electron chi connectivity index (χ3n) is 5.69. The molecular formula is C20H24N4O2. The molecule has 26 heavy (non-hydrogen) atoms. The van der Waals surface area contributed by atoms with Crippen LogP contribution in [0.25, 0.3) is 0 Å². The average molecular weight is 352 g/mol. The van der Waals surface area contributed by atoms with Gasteiger partial charge in [-0.3, -0.25) is 9.88 Å². The summed E-state index contributed by atoms with van der Waals surface area (Å²) in [6.45, 7) is 5.49. The Labute approximate surface area is 153 Å². The first kappa shape index (κ1) is 15.9. The molecule has 6 nitrogen and oxygen atoms in total. The Morgan fingerprint density at radius 3 is 2.81 bits per heavy atom. The zero-order chi connectivity index (χ0) is 17.3. The number of rotatable bonds is 3. The molecule has 2 bridgehead atoms. The van der Waals surface area contributed by atoms with Gasteiger partial charge in [0.05, 0.1) is 6.20 Å². The molecule has 3 fully saturated rings. The van der Waals surface area contributed by atoms with Gasteiger partial charge in [0.15, 0.2) is 11.5 Å². The van der Waals surface area contributed by atoms with Crippen LogP contribution in [0.1, 0.15) is 18.4 Å². The van der Waals surface area contributed by atoms with Gasteiger partial charge >= 0.3 is 0 Å². The highest BCUT2D eigenvalue weighted by molar-refractivity contribution is 5.44. The number of hydrogen-bond acceptors (Lipinski definition) is 6. The summed E-state index contributed by atoms with van der Waals surface area (Å²) in [5, 5.41) is 0. The van der Waals surface area contributed by atoms with Crippen molar-refractivity contribution in [3.05, 3.63) is 42.4 Å². The molecule has 0 saturated carbocycles. The predicted octanol–water partition coefficient (Wildman–Crippen LogP) is 2.35. The minimum absolute atomic E-state index is 0.559. The van der Waals surface area contributed by atoms with E-state index in [2.05, 4.69) is 31.9 Å². The molecule has 2 atom stereocenters. The van der Waals surface area contributed by atoms with Gasteiger partial charge in [-0.1, -0.05) is 6.07 Å². The second-order valence-corrected chi connectivity index (χ2v) is 7.47. The Kier molecular flexibility index (Phi) is 4.13. The van der Waals surface area contributed by atoms with Crippen molar-refractivity contribution >= 4 is 5.82 Å². The monoisotopic (exact) mass is 352 g/mol. The highest BCUT2D eigenvalue weighted by Gasteiger charge is 2.35. The van der Waals surface area contributed by atoms with E-state index in [4.69, 9.17) is 9.47 Å². The van der Waals surface area contributed by atoms with Gasteiger partial charge in [-0.05, 0) is 36.5 Å². The summed E-state index contributed by atoms with van der Waals surface area (Å²) < 4.78 is 11.4. The Bertz CT molecular complexity index is 770. The fraction of sp³-hybridized carbons (Fsp3) is 0.500. The molecule has 0 spiro atoms. The number of anilines is 1. The fourth-order valence-corrected chi connectivity index (χ4v) is 4.43. The largest absolute Gasteiger partial charge is 0.486 e. The number of hydrogen-bond donors (Lipinski definition) is 0. The topological polar surface area (TPSA) is 50.7 Å². The number of piperidine rings is 1. The first-order valence-electron chi connectivity index (χ1n) is 9.49. The van der Waals surface area contributed by atoms with Gasteiger partial charge in [0.2, 0.25) is 0 Å². The first-order valence-corrected chi connectivity index (χ1v) is 9.49. The van der Waals surface area contributed by atoms with Crippen molar-refractivity contribution in [3.63, 3.8) is 0 Å². The lowest BCUT2D eigenvalue weighted by molar-refractivity contribution is 0.126. The summed E-state index contributed by atoms with van der Waals surface area (Å²) in [5.74, 6) is 3.44. The Balaban J connectivity index is 1.33. The lowest BCUT2D eigenvalue weighted by Gasteiger charge is -2.36. The van der Waals surface area contributed by atoms with Gasteiger partial charge in [0.25, 0.3) is 0 Å². The third kappa shape index (κ3) is 3.09. The molecule has 0 aliphatic carbocycles. The molecule has 136 valence electrons.